The maximum Gasteiger partial charge on any atom is 0.273 e. The minimum Gasteiger partial charge on any atom is -0.508 e. The maximum atomic E-state index is 11.5. The molecule has 4 heteroatoms. The molecule has 4 nitrogen and oxygen atoms in total. The Bertz CT molecular complexity index is 663. The number of phenolic OH excluding ortho intramolecular Hbond substituents is 1. The number of hydrogen-bond donors (Lipinski definition) is 2. The lowest BCUT2D eigenvalue weighted by molar-refractivity contribution is 0.475. The third-order valence-electron chi connectivity index (χ3n) is 2.45. The van der Waals surface area contributed by atoms with Gasteiger partial charge in [-0.05, 0) is 23.8 Å². The lowest BCUT2D eigenvalue weighted by Gasteiger charge is -1.94. The number of aromatic hydroxyl groups is 1. The van der Waals surface area contributed by atoms with Crippen LogP contribution in [0.15, 0.2) is 29.1 Å². The van der Waals surface area contributed by atoms with Crippen LogP contribution in [0.25, 0.3) is 12.7 Å². The molecule has 0 fully saturated rings. The second kappa shape index (κ2) is 3.73. The molecular weight excluding hydrogens is 204 g/mol. The summed E-state index contributed by atoms with van der Waals surface area (Å²) in [5.41, 5.74) is 1.25. The van der Waals surface area contributed by atoms with Crippen LogP contribution in [0.2, 0.25) is 0 Å². The van der Waals surface area contributed by atoms with Gasteiger partial charge in [-0.15, -0.1) is 0 Å². The molecule has 2 rings (SSSR count). The van der Waals surface area contributed by atoms with Crippen LogP contribution < -0.4 is 16.4 Å². The highest BCUT2D eigenvalue weighted by Gasteiger charge is 1.97. The molecule has 0 aliphatic carbocycles. The fraction of sp³-hybridized carbons (Fsp3) is 0.0833. The molecule has 0 atom stereocenters. The van der Waals surface area contributed by atoms with Gasteiger partial charge < -0.3 is 14.7 Å². The van der Waals surface area contributed by atoms with Gasteiger partial charge in [-0.25, -0.2) is 0 Å². The SMILES string of the molecule is C=c1[nH]c(=O)c(=Cc2ccc(O)cc2)n1C. The first-order valence-corrected chi connectivity index (χ1v) is 4.82. The second-order valence-corrected chi connectivity index (χ2v) is 3.58. The van der Waals surface area contributed by atoms with Crippen molar-refractivity contribution in [3.8, 4) is 5.75 Å². The summed E-state index contributed by atoms with van der Waals surface area (Å²) in [6.07, 6.45) is 1.74. The van der Waals surface area contributed by atoms with Gasteiger partial charge in [0.05, 0.1) is 0 Å². The summed E-state index contributed by atoms with van der Waals surface area (Å²) in [5.74, 6) is 0.204. The quantitative estimate of drug-likeness (QED) is 0.685. The van der Waals surface area contributed by atoms with E-state index >= 15 is 0 Å². The van der Waals surface area contributed by atoms with E-state index in [-0.39, 0.29) is 11.3 Å². The second-order valence-electron chi connectivity index (χ2n) is 3.58. The molecule has 1 aromatic heterocycles. The molecule has 0 unspecified atom stereocenters. The number of nitrogens with one attached hydrogen (secondary N) is 1. The highest BCUT2D eigenvalue weighted by Crippen LogP contribution is 2.09. The van der Waals surface area contributed by atoms with Crippen LogP contribution in [0.5, 0.6) is 5.75 Å². The van der Waals surface area contributed by atoms with Gasteiger partial charge in [0.2, 0.25) is 0 Å². The number of hydrogen-bond acceptors (Lipinski definition) is 2. The molecule has 0 saturated heterocycles. The van der Waals surface area contributed by atoms with Gasteiger partial charge in [0.15, 0.2) is 0 Å². The molecule has 0 radical (unpaired) electrons. The predicted molar refractivity (Wildman–Crippen MR) is 62.5 cm³/mol. The Morgan fingerprint density at radius 3 is 2.50 bits per heavy atom. The zero-order chi connectivity index (χ0) is 11.7. The molecule has 1 aromatic carbocycles. The Labute approximate surface area is 91.8 Å². The Morgan fingerprint density at radius 2 is 2.00 bits per heavy atom. The molecule has 16 heavy (non-hydrogen) atoms. The predicted octanol–water partition coefficient (Wildman–Crippen LogP) is -0.342. The van der Waals surface area contributed by atoms with Gasteiger partial charge >= 0.3 is 0 Å². The van der Waals surface area contributed by atoms with Gasteiger partial charge in [-0.1, -0.05) is 18.7 Å². The molecule has 82 valence electrons. The highest BCUT2D eigenvalue weighted by molar-refractivity contribution is 5.49. The number of rotatable bonds is 1. The molecule has 0 aliphatic heterocycles. The normalized spacial score (nSPS) is 11.9. The Kier molecular flexibility index (Phi) is 2.40. The first kappa shape index (κ1) is 10.3. The smallest absolute Gasteiger partial charge is 0.273 e. The molecule has 2 aromatic rings. The van der Waals surface area contributed by atoms with Gasteiger partial charge in [0.1, 0.15) is 16.6 Å². The van der Waals surface area contributed by atoms with Crippen molar-refractivity contribution in [2.45, 2.75) is 0 Å². The maximum absolute atomic E-state index is 11.5. The average Bonchev–Trinajstić information content (AvgIpc) is 2.48. The van der Waals surface area contributed by atoms with Crippen LogP contribution >= 0.6 is 0 Å². The highest BCUT2D eigenvalue weighted by atomic mass is 16.3. The molecule has 0 aliphatic rings. The number of nitrogens with zero attached hydrogens (tertiary/aromatic N) is 1. The Morgan fingerprint density at radius 1 is 1.38 bits per heavy atom. The van der Waals surface area contributed by atoms with Crippen molar-refractivity contribution in [3.63, 3.8) is 0 Å². The largest absolute Gasteiger partial charge is 0.508 e. The number of aromatic amines is 1. The summed E-state index contributed by atoms with van der Waals surface area (Å²) in [7, 11) is 1.77. The van der Waals surface area contributed by atoms with Gasteiger partial charge in [-0.2, -0.15) is 0 Å². The molecule has 2 N–H and O–H groups in total. The zero-order valence-electron chi connectivity index (χ0n) is 8.90. The lowest BCUT2D eigenvalue weighted by atomic mass is 10.2. The molecular formula is C12H12N2O2. The minimum absolute atomic E-state index is 0.166. The van der Waals surface area contributed by atoms with Crippen LogP contribution in [0.3, 0.4) is 0 Å². The van der Waals surface area contributed by atoms with Crippen molar-refractivity contribution < 1.29 is 5.11 Å². The van der Waals surface area contributed by atoms with Crippen molar-refractivity contribution in [2.75, 3.05) is 0 Å². The first-order chi connectivity index (χ1) is 7.58. The monoisotopic (exact) mass is 216 g/mol. The van der Waals surface area contributed by atoms with E-state index in [0.29, 0.717) is 10.8 Å². The third kappa shape index (κ3) is 1.77. The summed E-state index contributed by atoms with van der Waals surface area (Å²) in [5, 5.41) is 9.68. The fourth-order valence-corrected chi connectivity index (χ4v) is 1.47. The number of aromatic nitrogens is 2. The molecule has 0 spiro atoms. The summed E-state index contributed by atoms with van der Waals surface area (Å²) in [6, 6.07) is 6.64. The summed E-state index contributed by atoms with van der Waals surface area (Å²) < 4.78 is 1.69. The van der Waals surface area contributed by atoms with Gasteiger partial charge in [0, 0.05) is 7.05 Å². The molecule has 0 saturated carbocycles. The van der Waals surface area contributed by atoms with Crippen LogP contribution in [-0.4, -0.2) is 14.7 Å². The molecule has 0 amide bonds. The topological polar surface area (TPSA) is 58.0 Å². The van der Waals surface area contributed by atoms with Crippen molar-refractivity contribution in [1.29, 1.82) is 0 Å². The number of benzene rings is 1. The van der Waals surface area contributed by atoms with Crippen molar-refractivity contribution >= 4 is 12.7 Å². The fourth-order valence-electron chi connectivity index (χ4n) is 1.47. The summed E-state index contributed by atoms with van der Waals surface area (Å²) >= 11 is 0. The van der Waals surface area contributed by atoms with E-state index in [1.807, 2.05) is 0 Å². The number of phenols is 1. The molecule has 0 bridgehead atoms. The van der Waals surface area contributed by atoms with Crippen LogP contribution in [0, 0.1) is 0 Å². The zero-order valence-corrected chi connectivity index (χ0v) is 8.90. The molecule has 1 heterocycles. The van der Waals surface area contributed by atoms with Gasteiger partial charge in [-0.3, -0.25) is 4.79 Å². The van der Waals surface area contributed by atoms with E-state index in [1.165, 1.54) is 0 Å². The number of H-pyrrole nitrogens is 1. The van der Waals surface area contributed by atoms with E-state index in [0.717, 1.165) is 5.56 Å². The van der Waals surface area contributed by atoms with Gasteiger partial charge in [0.25, 0.3) is 5.56 Å². The first-order valence-electron chi connectivity index (χ1n) is 4.82. The summed E-state index contributed by atoms with van der Waals surface area (Å²) in [6.45, 7) is 3.70. The van der Waals surface area contributed by atoms with Crippen molar-refractivity contribution in [1.82, 2.24) is 9.55 Å². The van der Waals surface area contributed by atoms with Crippen molar-refractivity contribution in [2.24, 2.45) is 7.05 Å². The number of imidazole rings is 1. The lowest BCUT2D eigenvalue weighted by Crippen LogP contribution is -2.29. The Balaban J connectivity index is 2.64. The van der Waals surface area contributed by atoms with Crippen LogP contribution in [-0.2, 0) is 7.05 Å². The van der Waals surface area contributed by atoms with Crippen molar-refractivity contribution in [3.05, 3.63) is 51.0 Å². The average molecular weight is 216 g/mol. The van der Waals surface area contributed by atoms with Crippen LogP contribution in [0.1, 0.15) is 5.56 Å². The van der Waals surface area contributed by atoms with E-state index < -0.39 is 0 Å². The van der Waals surface area contributed by atoms with E-state index in [2.05, 4.69) is 11.6 Å². The standard InChI is InChI=1S/C12H12N2O2/c1-8-13-12(16)11(14(8)2)7-9-3-5-10(15)6-4-9/h3-7,15H,1H2,2H3,(H,13,16). The Hall–Kier alpha value is -2.23. The van der Waals surface area contributed by atoms with E-state index in [4.69, 9.17) is 5.11 Å². The van der Waals surface area contributed by atoms with E-state index in [9.17, 15) is 4.79 Å². The van der Waals surface area contributed by atoms with Crippen LogP contribution in [0.4, 0.5) is 0 Å². The minimum atomic E-state index is -0.166. The van der Waals surface area contributed by atoms with E-state index in [1.54, 1.807) is 42.0 Å². The summed E-state index contributed by atoms with van der Waals surface area (Å²) in [4.78, 5) is 14.2. The third-order valence-corrected chi connectivity index (χ3v) is 2.45.